The first kappa shape index (κ1) is 22.9. The highest BCUT2D eigenvalue weighted by Crippen LogP contribution is 2.22. The van der Waals surface area contributed by atoms with Crippen molar-refractivity contribution in [2.45, 2.75) is 18.7 Å². The monoisotopic (exact) mass is 439 g/mol. The fourth-order valence-corrected chi connectivity index (χ4v) is 4.30. The van der Waals surface area contributed by atoms with E-state index >= 15 is 0 Å². The maximum absolute atomic E-state index is 12.4. The van der Waals surface area contributed by atoms with Gasteiger partial charge >= 0.3 is 0 Å². The zero-order valence-electron chi connectivity index (χ0n) is 17.0. The Balaban J connectivity index is 2.26. The lowest BCUT2D eigenvalue weighted by atomic mass is 10.1. The predicted molar refractivity (Wildman–Crippen MR) is 114 cm³/mol. The molecule has 1 N–H and O–H groups in total. The van der Waals surface area contributed by atoms with Crippen LogP contribution >= 0.6 is 0 Å². The number of carbonyl (C=O) groups excluding carboxylic acids is 1. The predicted octanol–water partition coefficient (Wildman–Crippen LogP) is 1.96. The van der Waals surface area contributed by atoms with Gasteiger partial charge in [-0.3, -0.25) is 9.10 Å². The van der Waals surface area contributed by atoms with Gasteiger partial charge in [-0.05, 0) is 61.4 Å². The van der Waals surface area contributed by atoms with Crippen LogP contribution in [0.2, 0.25) is 0 Å². The number of benzene rings is 2. The Bertz CT molecular complexity index is 1110. The normalized spacial score (nSPS) is 12.1. The van der Waals surface area contributed by atoms with E-state index in [0.29, 0.717) is 5.69 Å². The number of rotatable bonds is 7. The van der Waals surface area contributed by atoms with Crippen LogP contribution in [0, 0.1) is 13.8 Å². The Morgan fingerprint density at radius 3 is 2.00 bits per heavy atom. The molecule has 10 heteroatoms. The molecule has 0 saturated heterocycles. The van der Waals surface area contributed by atoms with Crippen LogP contribution in [0.3, 0.4) is 0 Å². The van der Waals surface area contributed by atoms with Gasteiger partial charge in [-0.2, -0.15) is 0 Å². The van der Waals surface area contributed by atoms with Gasteiger partial charge in [0.05, 0.1) is 16.8 Å². The first-order valence-corrected chi connectivity index (χ1v) is 12.0. The average molecular weight is 440 g/mol. The van der Waals surface area contributed by atoms with Crippen molar-refractivity contribution in [1.29, 1.82) is 0 Å². The molecule has 29 heavy (non-hydrogen) atoms. The van der Waals surface area contributed by atoms with Gasteiger partial charge in [0.1, 0.15) is 6.54 Å². The van der Waals surface area contributed by atoms with Crippen molar-refractivity contribution in [3.8, 4) is 0 Å². The van der Waals surface area contributed by atoms with Crippen LogP contribution in [-0.2, 0) is 24.8 Å². The second-order valence-corrected chi connectivity index (χ2v) is 11.0. The maximum Gasteiger partial charge on any atom is 0.245 e. The molecule has 0 aliphatic heterocycles. The van der Waals surface area contributed by atoms with Gasteiger partial charge in [0.2, 0.25) is 26.0 Å². The molecule has 0 aliphatic rings. The second kappa shape index (κ2) is 8.52. The van der Waals surface area contributed by atoms with Crippen LogP contribution in [0.15, 0.2) is 47.4 Å². The number of hydrogen-bond donors (Lipinski definition) is 1. The number of amides is 1. The molecule has 8 nitrogen and oxygen atoms in total. The number of sulfonamides is 2. The van der Waals surface area contributed by atoms with Crippen LogP contribution < -0.4 is 9.62 Å². The van der Waals surface area contributed by atoms with Crippen molar-refractivity contribution < 1.29 is 21.6 Å². The summed E-state index contributed by atoms with van der Waals surface area (Å²) >= 11 is 0. The maximum atomic E-state index is 12.4. The summed E-state index contributed by atoms with van der Waals surface area (Å²) in [6, 6.07) is 10.8. The Hall–Kier alpha value is -2.43. The largest absolute Gasteiger partial charge is 0.325 e. The number of carbonyl (C=O) groups is 1. The van der Waals surface area contributed by atoms with Gasteiger partial charge in [0.25, 0.3) is 0 Å². The summed E-state index contributed by atoms with van der Waals surface area (Å²) in [5.41, 5.74) is 2.84. The summed E-state index contributed by atoms with van der Waals surface area (Å²) in [5.74, 6) is -0.510. The molecule has 0 fully saturated rings. The summed E-state index contributed by atoms with van der Waals surface area (Å²) in [4.78, 5) is 12.5. The Labute approximate surface area is 172 Å². The van der Waals surface area contributed by atoms with E-state index in [1.807, 2.05) is 19.9 Å². The molecular formula is C19H25N3O5S2. The quantitative estimate of drug-likeness (QED) is 0.710. The molecule has 1 amide bonds. The highest BCUT2D eigenvalue weighted by molar-refractivity contribution is 7.92. The fourth-order valence-electron chi connectivity index (χ4n) is 2.55. The van der Waals surface area contributed by atoms with E-state index in [1.54, 1.807) is 12.1 Å². The fraction of sp³-hybridized carbons (Fsp3) is 0.316. The number of nitrogens with one attached hydrogen (secondary N) is 1. The van der Waals surface area contributed by atoms with E-state index in [4.69, 9.17) is 0 Å². The van der Waals surface area contributed by atoms with E-state index in [0.717, 1.165) is 26.0 Å². The van der Waals surface area contributed by atoms with Gasteiger partial charge in [0.15, 0.2) is 0 Å². The Morgan fingerprint density at radius 2 is 1.52 bits per heavy atom. The van der Waals surface area contributed by atoms with Gasteiger partial charge < -0.3 is 5.32 Å². The zero-order valence-corrected chi connectivity index (χ0v) is 18.6. The third-order valence-electron chi connectivity index (χ3n) is 4.38. The molecule has 0 saturated carbocycles. The van der Waals surface area contributed by atoms with Crippen LogP contribution in [0.4, 0.5) is 11.4 Å². The van der Waals surface area contributed by atoms with Crippen molar-refractivity contribution in [3.05, 3.63) is 53.6 Å². The van der Waals surface area contributed by atoms with E-state index in [2.05, 4.69) is 5.32 Å². The summed E-state index contributed by atoms with van der Waals surface area (Å²) in [6.45, 7) is 3.43. The van der Waals surface area contributed by atoms with E-state index in [1.165, 1.54) is 38.4 Å². The van der Waals surface area contributed by atoms with E-state index < -0.39 is 32.5 Å². The van der Waals surface area contributed by atoms with Crippen LogP contribution in [0.1, 0.15) is 11.1 Å². The first-order valence-electron chi connectivity index (χ1n) is 8.70. The van der Waals surface area contributed by atoms with Crippen molar-refractivity contribution in [3.63, 3.8) is 0 Å². The molecule has 0 aliphatic carbocycles. The smallest absolute Gasteiger partial charge is 0.245 e. The van der Waals surface area contributed by atoms with Gasteiger partial charge in [-0.25, -0.2) is 21.1 Å². The van der Waals surface area contributed by atoms with E-state index in [9.17, 15) is 21.6 Å². The van der Waals surface area contributed by atoms with E-state index in [-0.39, 0.29) is 10.6 Å². The molecule has 0 heterocycles. The number of hydrogen-bond acceptors (Lipinski definition) is 5. The van der Waals surface area contributed by atoms with Crippen molar-refractivity contribution in [2.24, 2.45) is 0 Å². The summed E-state index contributed by atoms with van der Waals surface area (Å²) in [5, 5.41) is 2.69. The highest BCUT2D eigenvalue weighted by Gasteiger charge is 2.23. The SMILES string of the molecule is Cc1ccc(NC(=O)CN(c2ccc(S(=O)(=O)N(C)C)cc2)S(C)(=O)=O)cc1C. The lowest BCUT2D eigenvalue weighted by molar-refractivity contribution is -0.114. The lowest BCUT2D eigenvalue weighted by Crippen LogP contribution is -2.37. The third-order valence-corrected chi connectivity index (χ3v) is 7.35. The summed E-state index contributed by atoms with van der Waals surface area (Å²) < 4.78 is 50.8. The number of aryl methyl sites for hydroxylation is 2. The van der Waals surface area contributed by atoms with Crippen LogP contribution in [0.5, 0.6) is 0 Å². The summed E-state index contributed by atoms with van der Waals surface area (Å²) in [6.07, 6.45) is 0.987. The number of nitrogens with zero attached hydrogens (tertiary/aromatic N) is 2. The minimum Gasteiger partial charge on any atom is -0.325 e. The van der Waals surface area contributed by atoms with Crippen molar-refractivity contribution in [2.75, 3.05) is 36.5 Å². The van der Waals surface area contributed by atoms with Gasteiger partial charge in [0, 0.05) is 19.8 Å². The molecule has 0 radical (unpaired) electrons. The molecule has 2 aromatic rings. The Morgan fingerprint density at radius 1 is 0.931 bits per heavy atom. The molecular weight excluding hydrogens is 414 g/mol. The first-order chi connectivity index (χ1) is 13.3. The average Bonchev–Trinajstić information content (AvgIpc) is 2.62. The van der Waals surface area contributed by atoms with Crippen LogP contribution in [0.25, 0.3) is 0 Å². The molecule has 0 atom stereocenters. The molecule has 0 spiro atoms. The molecule has 2 rings (SSSR count). The van der Waals surface area contributed by atoms with Gasteiger partial charge in [-0.15, -0.1) is 0 Å². The van der Waals surface area contributed by atoms with Crippen molar-refractivity contribution in [1.82, 2.24) is 4.31 Å². The minimum absolute atomic E-state index is 0.0271. The standard InChI is InChI=1S/C19H25N3O5S2/c1-14-6-7-16(12-15(14)2)20-19(23)13-22(28(5,24)25)17-8-10-18(11-9-17)29(26,27)21(3)4/h6-12H,13H2,1-5H3,(H,20,23). The Kier molecular flexibility index (Phi) is 6.71. The molecule has 158 valence electrons. The highest BCUT2D eigenvalue weighted by atomic mass is 32.2. The van der Waals surface area contributed by atoms with Gasteiger partial charge in [-0.1, -0.05) is 6.07 Å². The summed E-state index contributed by atoms with van der Waals surface area (Å²) in [7, 11) is -4.60. The lowest BCUT2D eigenvalue weighted by Gasteiger charge is -2.22. The second-order valence-electron chi connectivity index (χ2n) is 6.90. The molecule has 2 aromatic carbocycles. The molecule has 0 bridgehead atoms. The van der Waals surface area contributed by atoms with Crippen molar-refractivity contribution >= 4 is 37.3 Å². The topological polar surface area (TPSA) is 104 Å². The number of anilines is 2. The molecule has 0 unspecified atom stereocenters. The zero-order chi connectivity index (χ0) is 22.0. The van der Waals surface area contributed by atoms with Crippen LogP contribution in [-0.4, -0.2) is 53.9 Å². The molecule has 0 aromatic heterocycles. The third kappa shape index (κ3) is 5.55. The minimum atomic E-state index is -3.77.